The van der Waals surface area contributed by atoms with Gasteiger partial charge < -0.3 is 10.8 Å². The lowest BCUT2D eigenvalue weighted by atomic mass is 9.99. The quantitative estimate of drug-likeness (QED) is 0.848. The molecule has 0 bridgehead atoms. The van der Waals surface area contributed by atoms with E-state index in [-0.39, 0.29) is 10.8 Å². The monoisotopic (exact) mass is 284 g/mol. The van der Waals surface area contributed by atoms with Crippen molar-refractivity contribution in [1.29, 1.82) is 0 Å². The minimum Gasteiger partial charge on any atom is -0.393 e. The molecule has 0 spiro atoms. The number of hydrogen-bond donors (Lipinski definition) is 2. The van der Waals surface area contributed by atoms with Crippen LogP contribution in [-0.4, -0.2) is 37.0 Å². The van der Waals surface area contributed by atoms with Crippen molar-refractivity contribution in [2.24, 2.45) is 11.7 Å². The summed E-state index contributed by atoms with van der Waals surface area (Å²) < 4.78 is 26.4. The van der Waals surface area contributed by atoms with Crippen molar-refractivity contribution in [3.63, 3.8) is 0 Å². The Morgan fingerprint density at radius 3 is 2.53 bits per heavy atom. The number of hydrogen-bond acceptors (Lipinski definition) is 4. The van der Waals surface area contributed by atoms with Crippen LogP contribution in [0.1, 0.15) is 18.9 Å². The molecule has 0 saturated carbocycles. The Morgan fingerprint density at radius 1 is 1.37 bits per heavy atom. The van der Waals surface area contributed by atoms with Crippen LogP contribution in [-0.2, 0) is 16.6 Å². The van der Waals surface area contributed by atoms with Gasteiger partial charge in [-0.15, -0.1) is 0 Å². The third-order valence-electron chi connectivity index (χ3n) is 3.62. The number of benzene rings is 1. The second-order valence-corrected chi connectivity index (χ2v) is 6.98. The molecule has 5 nitrogen and oxygen atoms in total. The van der Waals surface area contributed by atoms with E-state index in [0.29, 0.717) is 26.1 Å². The summed E-state index contributed by atoms with van der Waals surface area (Å²) in [6, 6.07) is 6.64. The summed E-state index contributed by atoms with van der Waals surface area (Å²) >= 11 is 0. The first-order valence-corrected chi connectivity index (χ1v) is 7.86. The van der Waals surface area contributed by atoms with Crippen molar-refractivity contribution in [3.8, 4) is 0 Å². The Hall–Kier alpha value is -0.950. The maximum Gasteiger partial charge on any atom is 0.243 e. The summed E-state index contributed by atoms with van der Waals surface area (Å²) in [5.74, 6) is -0.0353. The van der Waals surface area contributed by atoms with Crippen LogP contribution in [0.4, 0.5) is 0 Å². The highest BCUT2D eigenvalue weighted by Crippen LogP contribution is 2.23. The minimum absolute atomic E-state index is 0.0353. The Bertz CT molecular complexity index is 527. The number of piperidine rings is 1. The lowest BCUT2D eigenvalue weighted by Crippen LogP contribution is -2.44. The van der Waals surface area contributed by atoms with Gasteiger partial charge in [0.05, 0.1) is 11.0 Å². The SMILES string of the molecule is CC1CN(S(=O)(=O)c2ccc(CN)cc2)CCC1O. The fourth-order valence-corrected chi connectivity index (χ4v) is 3.82. The van der Waals surface area contributed by atoms with E-state index in [4.69, 9.17) is 5.73 Å². The largest absolute Gasteiger partial charge is 0.393 e. The van der Waals surface area contributed by atoms with Gasteiger partial charge in [-0.05, 0) is 30.0 Å². The van der Waals surface area contributed by atoms with E-state index in [0.717, 1.165) is 5.56 Å². The number of nitrogens with two attached hydrogens (primary N) is 1. The molecule has 2 unspecified atom stereocenters. The van der Waals surface area contributed by atoms with Gasteiger partial charge in [-0.1, -0.05) is 19.1 Å². The smallest absolute Gasteiger partial charge is 0.243 e. The molecule has 0 aromatic heterocycles. The highest BCUT2D eigenvalue weighted by molar-refractivity contribution is 7.89. The van der Waals surface area contributed by atoms with Crippen molar-refractivity contribution >= 4 is 10.0 Å². The molecule has 1 heterocycles. The van der Waals surface area contributed by atoms with Crippen molar-refractivity contribution < 1.29 is 13.5 Å². The van der Waals surface area contributed by atoms with Crippen LogP contribution in [0.3, 0.4) is 0 Å². The fraction of sp³-hybridized carbons (Fsp3) is 0.538. The molecule has 1 aliphatic heterocycles. The zero-order chi connectivity index (χ0) is 14.0. The number of aliphatic hydroxyl groups is 1. The molecule has 19 heavy (non-hydrogen) atoms. The third-order valence-corrected chi connectivity index (χ3v) is 5.50. The predicted octanol–water partition coefficient (Wildman–Crippen LogP) is 0.537. The van der Waals surface area contributed by atoms with E-state index in [9.17, 15) is 13.5 Å². The summed E-state index contributed by atoms with van der Waals surface area (Å²) in [7, 11) is -3.46. The fourth-order valence-electron chi connectivity index (χ4n) is 2.26. The van der Waals surface area contributed by atoms with Gasteiger partial charge in [-0.2, -0.15) is 4.31 Å². The molecule has 0 aliphatic carbocycles. The van der Waals surface area contributed by atoms with Crippen molar-refractivity contribution in [2.45, 2.75) is 30.9 Å². The van der Waals surface area contributed by atoms with Gasteiger partial charge in [-0.25, -0.2) is 8.42 Å². The van der Waals surface area contributed by atoms with Gasteiger partial charge in [0.2, 0.25) is 10.0 Å². The van der Waals surface area contributed by atoms with Crippen LogP contribution in [0.25, 0.3) is 0 Å². The molecule has 1 aromatic carbocycles. The van der Waals surface area contributed by atoms with Crippen LogP contribution >= 0.6 is 0 Å². The number of nitrogens with zero attached hydrogens (tertiary/aromatic N) is 1. The third kappa shape index (κ3) is 2.97. The molecular weight excluding hydrogens is 264 g/mol. The maximum atomic E-state index is 12.5. The van der Waals surface area contributed by atoms with Crippen LogP contribution in [0.15, 0.2) is 29.2 Å². The van der Waals surface area contributed by atoms with Crippen molar-refractivity contribution in [1.82, 2.24) is 4.31 Å². The Kier molecular flexibility index (Phi) is 4.25. The topological polar surface area (TPSA) is 83.6 Å². The maximum absolute atomic E-state index is 12.5. The zero-order valence-electron chi connectivity index (χ0n) is 11.0. The van der Waals surface area contributed by atoms with E-state index in [2.05, 4.69) is 0 Å². The molecule has 0 amide bonds. The second-order valence-electron chi connectivity index (χ2n) is 5.04. The summed E-state index contributed by atoms with van der Waals surface area (Å²) in [6.07, 6.45) is 0.0763. The van der Waals surface area contributed by atoms with E-state index in [1.165, 1.54) is 4.31 Å². The molecule has 2 atom stereocenters. The number of sulfonamides is 1. The zero-order valence-corrected chi connectivity index (χ0v) is 11.8. The van der Waals surface area contributed by atoms with Crippen LogP contribution in [0.5, 0.6) is 0 Å². The van der Waals surface area contributed by atoms with E-state index < -0.39 is 16.1 Å². The summed E-state index contributed by atoms with van der Waals surface area (Å²) in [4.78, 5) is 0.285. The molecule has 3 N–H and O–H groups in total. The normalized spacial score (nSPS) is 25.4. The first kappa shape index (κ1) is 14.5. The Balaban J connectivity index is 2.21. The van der Waals surface area contributed by atoms with Crippen LogP contribution < -0.4 is 5.73 Å². The highest BCUT2D eigenvalue weighted by Gasteiger charge is 2.32. The molecule has 1 aliphatic rings. The standard InChI is InChI=1S/C13H20N2O3S/c1-10-9-15(7-6-13(10)16)19(17,18)12-4-2-11(8-14)3-5-12/h2-5,10,13,16H,6-9,14H2,1H3. The Labute approximate surface area is 114 Å². The second kappa shape index (κ2) is 5.58. The van der Waals surface area contributed by atoms with Gasteiger partial charge >= 0.3 is 0 Å². The summed E-state index contributed by atoms with van der Waals surface area (Å²) in [5.41, 5.74) is 6.40. The summed E-state index contributed by atoms with van der Waals surface area (Å²) in [6.45, 7) is 2.99. The molecule has 1 aromatic rings. The summed E-state index contributed by atoms with van der Waals surface area (Å²) in [5, 5.41) is 9.66. The molecule has 2 rings (SSSR count). The lowest BCUT2D eigenvalue weighted by molar-refractivity contribution is 0.0628. The van der Waals surface area contributed by atoms with Gasteiger partial charge in [0.1, 0.15) is 0 Å². The molecular formula is C13H20N2O3S. The van der Waals surface area contributed by atoms with Crippen LogP contribution in [0, 0.1) is 5.92 Å². The van der Waals surface area contributed by atoms with Gasteiger partial charge in [0.15, 0.2) is 0 Å². The van der Waals surface area contributed by atoms with Gasteiger partial charge in [-0.3, -0.25) is 0 Å². The first-order valence-electron chi connectivity index (χ1n) is 6.42. The molecule has 1 saturated heterocycles. The van der Waals surface area contributed by atoms with E-state index in [1.807, 2.05) is 6.92 Å². The molecule has 6 heteroatoms. The average Bonchev–Trinajstić information content (AvgIpc) is 2.41. The Morgan fingerprint density at radius 2 is 2.00 bits per heavy atom. The average molecular weight is 284 g/mol. The highest BCUT2D eigenvalue weighted by atomic mass is 32.2. The molecule has 1 fully saturated rings. The van der Waals surface area contributed by atoms with Gasteiger partial charge in [0.25, 0.3) is 0 Å². The number of aliphatic hydroxyl groups excluding tert-OH is 1. The first-order chi connectivity index (χ1) is 8.95. The molecule has 106 valence electrons. The molecule has 0 radical (unpaired) electrons. The van der Waals surface area contributed by atoms with E-state index in [1.54, 1.807) is 24.3 Å². The van der Waals surface area contributed by atoms with Crippen LogP contribution in [0.2, 0.25) is 0 Å². The predicted molar refractivity (Wildman–Crippen MR) is 72.9 cm³/mol. The van der Waals surface area contributed by atoms with Crippen molar-refractivity contribution in [2.75, 3.05) is 13.1 Å². The lowest BCUT2D eigenvalue weighted by Gasteiger charge is -2.33. The minimum atomic E-state index is -3.46. The van der Waals surface area contributed by atoms with Crippen molar-refractivity contribution in [3.05, 3.63) is 29.8 Å². The van der Waals surface area contributed by atoms with E-state index >= 15 is 0 Å². The van der Waals surface area contributed by atoms with Gasteiger partial charge in [0, 0.05) is 19.6 Å². The number of rotatable bonds is 3.